The highest BCUT2D eigenvalue weighted by molar-refractivity contribution is 9.10. The van der Waals surface area contributed by atoms with Gasteiger partial charge in [0, 0.05) is 25.6 Å². The Bertz CT molecular complexity index is 623. The molecule has 1 fully saturated rings. The van der Waals surface area contributed by atoms with E-state index >= 15 is 0 Å². The summed E-state index contributed by atoms with van der Waals surface area (Å²) in [7, 11) is 1.79. The topological polar surface area (TPSA) is 63.9 Å². The maximum atomic E-state index is 12.6. The van der Waals surface area contributed by atoms with E-state index in [0.717, 1.165) is 23.0 Å². The SMILES string of the molecule is CN(Cc1cnccn1)C(=O)C1(n2cc(Br)cn2)CC1. The number of rotatable bonds is 4. The van der Waals surface area contributed by atoms with Gasteiger partial charge < -0.3 is 4.90 Å². The van der Waals surface area contributed by atoms with Crippen LogP contribution in [0, 0.1) is 0 Å². The van der Waals surface area contributed by atoms with E-state index in [0.29, 0.717) is 6.54 Å². The van der Waals surface area contributed by atoms with Gasteiger partial charge in [-0.1, -0.05) is 0 Å². The van der Waals surface area contributed by atoms with Crippen LogP contribution in [0.1, 0.15) is 18.5 Å². The summed E-state index contributed by atoms with van der Waals surface area (Å²) in [6.45, 7) is 0.455. The Morgan fingerprint density at radius 2 is 2.25 bits per heavy atom. The van der Waals surface area contributed by atoms with Gasteiger partial charge in [-0.05, 0) is 28.8 Å². The number of amides is 1. The molecule has 2 heterocycles. The number of nitrogens with zero attached hydrogens (tertiary/aromatic N) is 5. The third-order valence-electron chi connectivity index (χ3n) is 3.47. The van der Waals surface area contributed by atoms with Crippen LogP contribution in [0.4, 0.5) is 0 Å². The molecule has 3 rings (SSSR count). The van der Waals surface area contributed by atoms with E-state index in [9.17, 15) is 4.79 Å². The largest absolute Gasteiger partial charge is 0.338 e. The molecule has 0 unspecified atom stereocenters. The molecule has 1 amide bonds. The first-order chi connectivity index (χ1) is 9.62. The quantitative estimate of drug-likeness (QED) is 0.850. The molecule has 0 radical (unpaired) electrons. The van der Waals surface area contributed by atoms with Crippen molar-refractivity contribution in [3.63, 3.8) is 0 Å². The number of halogens is 1. The van der Waals surface area contributed by atoms with Gasteiger partial charge in [0.15, 0.2) is 0 Å². The van der Waals surface area contributed by atoms with Crippen molar-refractivity contribution < 1.29 is 4.79 Å². The van der Waals surface area contributed by atoms with E-state index in [1.54, 1.807) is 41.4 Å². The molecular formula is C13H14BrN5O. The van der Waals surface area contributed by atoms with E-state index in [4.69, 9.17) is 0 Å². The molecular weight excluding hydrogens is 322 g/mol. The molecule has 104 valence electrons. The van der Waals surface area contributed by atoms with Gasteiger partial charge >= 0.3 is 0 Å². The highest BCUT2D eigenvalue weighted by atomic mass is 79.9. The molecule has 0 spiro atoms. The minimum atomic E-state index is -0.511. The lowest BCUT2D eigenvalue weighted by atomic mass is 10.2. The van der Waals surface area contributed by atoms with Gasteiger partial charge in [0.1, 0.15) is 5.54 Å². The molecule has 20 heavy (non-hydrogen) atoms. The lowest BCUT2D eigenvalue weighted by molar-refractivity contribution is -0.135. The molecule has 1 saturated carbocycles. The van der Waals surface area contributed by atoms with Crippen LogP contribution in [-0.2, 0) is 16.9 Å². The standard InChI is InChI=1S/C13H14BrN5O/c1-18(9-11-7-15-4-5-16-11)12(20)13(2-3-13)19-8-10(14)6-17-19/h4-8H,2-3,9H2,1H3. The Morgan fingerprint density at radius 1 is 1.45 bits per heavy atom. The average Bonchev–Trinajstić information content (AvgIpc) is 3.15. The summed E-state index contributed by atoms with van der Waals surface area (Å²) in [4.78, 5) is 22.5. The summed E-state index contributed by atoms with van der Waals surface area (Å²) in [5.41, 5.74) is 0.268. The van der Waals surface area contributed by atoms with Crippen LogP contribution in [-0.4, -0.2) is 37.6 Å². The molecule has 2 aromatic rings. The van der Waals surface area contributed by atoms with Crippen molar-refractivity contribution in [1.82, 2.24) is 24.6 Å². The van der Waals surface area contributed by atoms with E-state index in [2.05, 4.69) is 31.0 Å². The first-order valence-electron chi connectivity index (χ1n) is 6.33. The van der Waals surface area contributed by atoms with Crippen molar-refractivity contribution in [3.8, 4) is 0 Å². The van der Waals surface area contributed by atoms with Gasteiger partial charge in [-0.25, -0.2) is 0 Å². The Labute approximate surface area is 125 Å². The first-order valence-corrected chi connectivity index (χ1v) is 7.12. The normalized spacial score (nSPS) is 15.9. The number of hydrogen-bond donors (Lipinski definition) is 0. The average molecular weight is 336 g/mol. The van der Waals surface area contributed by atoms with Crippen molar-refractivity contribution >= 4 is 21.8 Å². The molecule has 1 aliphatic carbocycles. The minimum absolute atomic E-state index is 0.0683. The van der Waals surface area contributed by atoms with Crippen LogP contribution < -0.4 is 0 Å². The maximum absolute atomic E-state index is 12.6. The molecule has 0 aromatic carbocycles. The molecule has 6 nitrogen and oxygen atoms in total. The lowest BCUT2D eigenvalue weighted by Gasteiger charge is -2.23. The lowest BCUT2D eigenvalue weighted by Crippen LogP contribution is -2.40. The van der Waals surface area contributed by atoms with Crippen molar-refractivity contribution in [2.24, 2.45) is 0 Å². The molecule has 7 heteroatoms. The summed E-state index contributed by atoms with van der Waals surface area (Å²) in [5.74, 6) is 0.0683. The maximum Gasteiger partial charge on any atom is 0.250 e. The highest BCUT2D eigenvalue weighted by Gasteiger charge is 2.53. The number of carbonyl (C=O) groups excluding carboxylic acids is 1. The third kappa shape index (κ3) is 2.33. The van der Waals surface area contributed by atoms with E-state index in [1.807, 2.05) is 6.20 Å². The van der Waals surface area contributed by atoms with Gasteiger partial charge in [-0.15, -0.1) is 0 Å². The van der Waals surface area contributed by atoms with Crippen LogP contribution in [0.3, 0.4) is 0 Å². The minimum Gasteiger partial charge on any atom is -0.338 e. The summed E-state index contributed by atoms with van der Waals surface area (Å²) >= 11 is 3.37. The number of hydrogen-bond acceptors (Lipinski definition) is 4. The third-order valence-corrected chi connectivity index (χ3v) is 3.88. The molecule has 0 bridgehead atoms. The van der Waals surface area contributed by atoms with Crippen molar-refractivity contribution in [1.29, 1.82) is 0 Å². The van der Waals surface area contributed by atoms with E-state index in [1.165, 1.54) is 0 Å². The van der Waals surface area contributed by atoms with E-state index < -0.39 is 5.54 Å². The number of aromatic nitrogens is 4. The van der Waals surface area contributed by atoms with Gasteiger partial charge in [-0.2, -0.15) is 5.10 Å². The molecule has 2 aromatic heterocycles. The molecule has 0 atom stereocenters. The molecule has 1 aliphatic rings. The Hall–Kier alpha value is -1.76. The van der Waals surface area contributed by atoms with Gasteiger partial charge in [0.05, 0.1) is 29.1 Å². The zero-order chi connectivity index (χ0) is 14.2. The second kappa shape index (κ2) is 4.97. The smallest absolute Gasteiger partial charge is 0.250 e. The fraction of sp³-hybridized carbons (Fsp3) is 0.385. The van der Waals surface area contributed by atoms with Crippen LogP contribution in [0.25, 0.3) is 0 Å². The van der Waals surface area contributed by atoms with Crippen LogP contribution in [0.15, 0.2) is 35.5 Å². The second-order valence-electron chi connectivity index (χ2n) is 4.99. The molecule has 0 N–H and O–H groups in total. The molecule has 0 saturated heterocycles. The Kier molecular flexibility index (Phi) is 3.29. The predicted molar refractivity (Wildman–Crippen MR) is 75.6 cm³/mol. The summed E-state index contributed by atoms with van der Waals surface area (Å²) in [5, 5.41) is 4.25. The molecule has 0 aliphatic heterocycles. The fourth-order valence-electron chi connectivity index (χ4n) is 2.28. The van der Waals surface area contributed by atoms with Gasteiger partial charge in [0.25, 0.3) is 5.91 Å². The second-order valence-corrected chi connectivity index (χ2v) is 5.91. The number of likely N-dealkylation sites (N-methyl/N-ethyl adjacent to an activating group) is 1. The zero-order valence-electron chi connectivity index (χ0n) is 11.0. The first kappa shape index (κ1) is 13.2. The van der Waals surface area contributed by atoms with Crippen molar-refractivity contribution in [2.75, 3.05) is 7.05 Å². The summed E-state index contributed by atoms with van der Waals surface area (Å²) < 4.78 is 2.64. The Balaban J connectivity index is 1.75. The zero-order valence-corrected chi connectivity index (χ0v) is 12.6. The summed E-state index contributed by atoms with van der Waals surface area (Å²) in [6, 6.07) is 0. The predicted octanol–water partition coefficient (Wildman–Crippen LogP) is 1.58. The van der Waals surface area contributed by atoms with Crippen molar-refractivity contribution in [3.05, 3.63) is 41.2 Å². The summed E-state index contributed by atoms with van der Waals surface area (Å²) in [6.07, 6.45) is 10.1. The van der Waals surface area contributed by atoms with E-state index in [-0.39, 0.29) is 5.91 Å². The highest BCUT2D eigenvalue weighted by Crippen LogP contribution is 2.45. The van der Waals surface area contributed by atoms with Gasteiger partial charge in [0.2, 0.25) is 0 Å². The Morgan fingerprint density at radius 3 is 2.80 bits per heavy atom. The monoisotopic (exact) mass is 335 g/mol. The fourth-order valence-corrected chi connectivity index (χ4v) is 2.56. The number of carbonyl (C=O) groups is 1. The van der Waals surface area contributed by atoms with Crippen LogP contribution in [0.2, 0.25) is 0 Å². The van der Waals surface area contributed by atoms with Crippen molar-refractivity contribution in [2.45, 2.75) is 24.9 Å². The van der Waals surface area contributed by atoms with Crippen LogP contribution in [0.5, 0.6) is 0 Å². The van der Waals surface area contributed by atoms with Crippen LogP contribution >= 0.6 is 15.9 Å². The van der Waals surface area contributed by atoms with Gasteiger partial charge in [-0.3, -0.25) is 19.4 Å².